The predicted octanol–water partition coefficient (Wildman–Crippen LogP) is 4.07. The van der Waals surface area contributed by atoms with Gasteiger partial charge >= 0.3 is 0 Å². The molecule has 0 amide bonds. The second-order valence-corrected chi connectivity index (χ2v) is 7.27. The fourth-order valence-corrected chi connectivity index (χ4v) is 2.87. The Labute approximate surface area is 134 Å². The van der Waals surface area contributed by atoms with Gasteiger partial charge < -0.3 is 9.47 Å². The molecule has 0 radical (unpaired) electrons. The molecule has 1 aromatic heterocycles. The maximum Gasteiger partial charge on any atom is 0.138 e. The SMILES string of the molecule is COc1ccc2c(Oc3ccc([S@@](C)(=N)=O)cc3)ccnc2c1. The number of hydrogen-bond acceptors (Lipinski definition) is 5. The van der Waals surface area contributed by atoms with Crippen LogP contribution in [0.15, 0.2) is 59.6 Å². The van der Waals surface area contributed by atoms with Gasteiger partial charge in [-0.15, -0.1) is 0 Å². The van der Waals surface area contributed by atoms with Crippen LogP contribution in [0.25, 0.3) is 10.9 Å². The van der Waals surface area contributed by atoms with E-state index in [4.69, 9.17) is 14.3 Å². The zero-order valence-electron chi connectivity index (χ0n) is 12.8. The molecule has 0 aliphatic carbocycles. The minimum absolute atomic E-state index is 0.481. The third-order valence-corrected chi connectivity index (χ3v) is 4.58. The van der Waals surface area contributed by atoms with Crippen molar-refractivity contribution in [3.63, 3.8) is 0 Å². The number of pyridine rings is 1. The first-order valence-electron chi connectivity index (χ1n) is 6.92. The topological polar surface area (TPSA) is 72.3 Å². The molecule has 5 nitrogen and oxygen atoms in total. The van der Waals surface area contributed by atoms with Crippen molar-refractivity contribution in [1.29, 1.82) is 4.78 Å². The lowest BCUT2D eigenvalue weighted by Crippen LogP contribution is -1.94. The number of rotatable bonds is 4. The molecule has 1 atom stereocenters. The lowest BCUT2D eigenvalue weighted by Gasteiger charge is -2.10. The summed E-state index contributed by atoms with van der Waals surface area (Å²) in [6.07, 6.45) is 3.07. The normalized spacial score (nSPS) is 13.5. The highest BCUT2D eigenvalue weighted by atomic mass is 32.2. The van der Waals surface area contributed by atoms with Crippen LogP contribution in [0.2, 0.25) is 0 Å². The first kappa shape index (κ1) is 15.3. The van der Waals surface area contributed by atoms with Gasteiger partial charge in [-0.1, -0.05) is 0 Å². The minimum atomic E-state index is -2.71. The number of ether oxygens (including phenoxy) is 2. The molecule has 0 saturated carbocycles. The van der Waals surface area contributed by atoms with Crippen LogP contribution in [0.4, 0.5) is 0 Å². The standard InChI is InChI=1S/C17H16N2O3S/c1-21-13-5-8-15-16(11-13)19-10-9-17(15)22-12-3-6-14(7-4-12)23(2,18)20/h3-11,18H,1-2H3/t23-/m0/s1. The van der Waals surface area contributed by atoms with Gasteiger partial charge in [-0.05, 0) is 42.5 Å². The Morgan fingerprint density at radius 1 is 1.04 bits per heavy atom. The van der Waals surface area contributed by atoms with Crippen LogP contribution >= 0.6 is 0 Å². The van der Waals surface area contributed by atoms with Gasteiger partial charge in [-0.3, -0.25) is 4.98 Å². The van der Waals surface area contributed by atoms with Crippen LogP contribution in [-0.4, -0.2) is 22.6 Å². The van der Waals surface area contributed by atoms with E-state index in [1.54, 1.807) is 43.6 Å². The number of fused-ring (bicyclic) bond motifs is 1. The highest BCUT2D eigenvalue weighted by molar-refractivity contribution is 7.91. The van der Waals surface area contributed by atoms with Crippen LogP contribution in [0.1, 0.15) is 0 Å². The summed E-state index contributed by atoms with van der Waals surface area (Å²) in [7, 11) is -1.10. The smallest absolute Gasteiger partial charge is 0.138 e. The average molecular weight is 328 g/mol. The second kappa shape index (κ2) is 5.89. The van der Waals surface area contributed by atoms with Crippen molar-refractivity contribution in [2.45, 2.75) is 4.90 Å². The number of nitrogens with one attached hydrogen (secondary N) is 1. The third-order valence-electron chi connectivity index (χ3n) is 3.41. The Bertz CT molecular complexity index is 951. The second-order valence-electron chi connectivity index (χ2n) is 5.11. The van der Waals surface area contributed by atoms with E-state index >= 15 is 0 Å². The maximum atomic E-state index is 11.7. The highest BCUT2D eigenvalue weighted by Gasteiger charge is 2.07. The summed E-state index contributed by atoms with van der Waals surface area (Å²) in [6.45, 7) is 0. The zero-order valence-corrected chi connectivity index (χ0v) is 13.6. The Morgan fingerprint density at radius 2 is 1.74 bits per heavy atom. The summed E-state index contributed by atoms with van der Waals surface area (Å²) in [5, 5.41) is 0.872. The molecular formula is C17H16N2O3S. The molecule has 118 valence electrons. The highest BCUT2D eigenvalue weighted by Crippen LogP contribution is 2.31. The number of benzene rings is 2. The van der Waals surface area contributed by atoms with Crippen molar-refractivity contribution in [3.05, 3.63) is 54.7 Å². The fraction of sp³-hybridized carbons (Fsp3) is 0.118. The molecule has 0 aliphatic heterocycles. The van der Waals surface area contributed by atoms with Crippen LogP contribution in [-0.2, 0) is 9.73 Å². The van der Waals surface area contributed by atoms with E-state index in [0.717, 1.165) is 16.7 Å². The number of hydrogen-bond donors (Lipinski definition) is 1. The van der Waals surface area contributed by atoms with E-state index < -0.39 is 9.73 Å². The van der Waals surface area contributed by atoms with E-state index in [1.807, 2.05) is 18.2 Å². The van der Waals surface area contributed by atoms with Crippen LogP contribution in [0, 0.1) is 4.78 Å². The molecule has 0 spiro atoms. The Morgan fingerprint density at radius 3 is 2.39 bits per heavy atom. The van der Waals surface area contributed by atoms with Gasteiger partial charge in [0.05, 0.1) is 22.4 Å². The quantitative estimate of drug-likeness (QED) is 0.783. The Hall–Kier alpha value is -2.60. The van der Waals surface area contributed by atoms with Crippen molar-refractivity contribution < 1.29 is 13.7 Å². The first-order chi connectivity index (χ1) is 11.0. The van der Waals surface area contributed by atoms with Crippen molar-refractivity contribution in [2.75, 3.05) is 13.4 Å². The molecular weight excluding hydrogens is 312 g/mol. The maximum absolute atomic E-state index is 11.7. The van der Waals surface area contributed by atoms with Crippen LogP contribution in [0.3, 0.4) is 0 Å². The monoisotopic (exact) mass is 328 g/mol. The molecule has 0 aliphatic rings. The molecule has 3 rings (SSSR count). The Kier molecular flexibility index (Phi) is 3.92. The predicted molar refractivity (Wildman–Crippen MR) is 89.9 cm³/mol. The number of nitrogens with zero attached hydrogens (tertiary/aromatic N) is 1. The Balaban J connectivity index is 1.95. The zero-order chi connectivity index (χ0) is 16.4. The molecule has 1 heterocycles. The molecule has 0 fully saturated rings. The molecule has 2 aromatic carbocycles. The molecule has 0 bridgehead atoms. The van der Waals surface area contributed by atoms with Crippen molar-refractivity contribution in [3.8, 4) is 17.2 Å². The van der Waals surface area contributed by atoms with E-state index in [2.05, 4.69) is 4.98 Å². The summed E-state index contributed by atoms with van der Waals surface area (Å²) < 4.78 is 30.4. The van der Waals surface area contributed by atoms with Gasteiger partial charge in [0.1, 0.15) is 17.2 Å². The van der Waals surface area contributed by atoms with Crippen molar-refractivity contribution in [1.82, 2.24) is 4.98 Å². The third kappa shape index (κ3) is 3.27. The molecule has 3 aromatic rings. The van der Waals surface area contributed by atoms with Gasteiger partial charge in [-0.2, -0.15) is 0 Å². The van der Waals surface area contributed by atoms with Crippen LogP contribution in [0.5, 0.6) is 17.2 Å². The van der Waals surface area contributed by atoms with Crippen LogP contribution < -0.4 is 9.47 Å². The van der Waals surface area contributed by atoms with E-state index in [-0.39, 0.29) is 0 Å². The lowest BCUT2D eigenvalue weighted by molar-refractivity contribution is 0.415. The molecule has 23 heavy (non-hydrogen) atoms. The van der Waals surface area contributed by atoms with Crippen molar-refractivity contribution in [2.24, 2.45) is 0 Å². The summed E-state index contributed by atoms with van der Waals surface area (Å²) in [5.41, 5.74) is 0.779. The van der Waals surface area contributed by atoms with Gasteiger partial charge in [-0.25, -0.2) is 8.99 Å². The summed E-state index contributed by atoms with van der Waals surface area (Å²) in [5.74, 6) is 2.02. The summed E-state index contributed by atoms with van der Waals surface area (Å²) in [6, 6.07) is 14.1. The van der Waals surface area contributed by atoms with E-state index in [0.29, 0.717) is 16.4 Å². The lowest BCUT2D eigenvalue weighted by atomic mass is 10.2. The summed E-state index contributed by atoms with van der Waals surface area (Å²) >= 11 is 0. The van der Waals surface area contributed by atoms with Gasteiger partial charge in [0.15, 0.2) is 0 Å². The largest absolute Gasteiger partial charge is 0.497 e. The fourth-order valence-electron chi connectivity index (χ4n) is 2.21. The molecule has 1 N–H and O–H groups in total. The molecule has 0 unspecified atom stereocenters. The minimum Gasteiger partial charge on any atom is -0.497 e. The first-order valence-corrected chi connectivity index (χ1v) is 8.88. The van der Waals surface area contributed by atoms with Gasteiger partial charge in [0.2, 0.25) is 0 Å². The van der Waals surface area contributed by atoms with Gasteiger partial charge in [0.25, 0.3) is 0 Å². The molecule has 0 saturated heterocycles. The molecule has 6 heteroatoms. The summed E-state index contributed by atoms with van der Waals surface area (Å²) in [4.78, 5) is 4.80. The number of aromatic nitrogens is 1. The number of methoxy groups -OCH3 is 1. The van der Waals surface area contributed by atoms with Gasteiger partial charge in [0, 0.05) is 28.8 Å². The van der Waals surface area contributed by atoms with Crippen molar-refractivity contribution >= 4 is 20.6 Å². The average Bonchev–Trinajstić information content (AvgIpc) is 2.54. The van der Waals surface area contributed by atoms with E-state index in [9.17, 15) is 4.21 Å². The van der Waals surface area contributed by atoms with E-state index in [1.165, 1.54) is 6.26 Å².